The number of morpholine rings is 1. The van der Waals surface area contributed by atoms with Gasteiger partial charge in [0.25, 0.3) is 0 Å². The van der Waals surface area contributed by atoms with Crippen LogP contribution in [0.5, 0.6) is 5.75 Å². The maximum atomic E-state index is 5.66. The summed E-state index contributed by atoms with van der Waals surface area (Å²) in [4.78, 5) is 2.35. The summed E-state index contributed by atoms with van der Waals surface area (Å²) in [6.07, 6.45) is 0.164. The Morgan fingerprint density at radius 1 is 1.00 bits per heavy atom. The smallest absolute Gasteiger partial charge is 0.171 e. The van der Waals surface area contributed by atoms with E-state index >= 15 is 0 Å². The SMILES string of the molecule is CC(C)Oc1ccc(NC(=S)N[C@H](C)c2ccc(N3CCOCC3)cc2)cc1. The molecular weight excluding hydrogens is 370 g/mol. The van der Waals surface area contributed by atoms with E-state index < -0.39 is 0 Å². The molecule has 3 rings (SSSR count). The first-order valence-electron chi connectivity index (χ1n) is 9.78. The Balaban J connectivity index is 1.52. The third-order valence-electron chi connectivity index (χ3n) is 4.60. The monoisotopic (exact) mass is 399 g/mol. The van der Waals surface area contributed by atoms with Gasteiger partial charge in [0.15, 0.2) is 5.11 Å². The molecule has 1 heterocycles. The summed E-state index contributed by atoms with van der Waals surface area (Å²) in [5.74, 6) is 0.855. The Hall–Kier alpha value is -2.31. The number of nitrogens with one attached hydrogen (secondary N) is 2. The molecule has 1 aliphatic rings. The van der Waals surface area contributed by atoms with E-state index in [4.69, 9.17) is 21.7 Å². The van der Waals surface area contributed by atoms with Crippen molar-refractivity contribution >= 4 is 28.7 Å². The molecular formula is C22H29N3O2S. The topological polar surface area (TPSA) is 45.8 Å². The molecule has 5 nitrogen and oxygen atoms in total. The maximum absolute atomic E-state index is 5.66. The Labute approximate surface area is 173 Å². The van der Waals surface area contributed by atoms with Crippen molar-refractivity contribution < 1.29 is 9.47 Å². The zero-order chi connectivity index (χ0) is 19.9. The van der Waals surface area contributed by atoms with Gasteiger partial charge in [0.2, 0.25) is 0 Å². The molecule has 0 amide bonds. The van der Waals surface area contributed by atoms with Gasteiger partial charge in [-0.05, 0) is 75.0 Å². The van der Waals surface area contributed by atoms with Gasteiger partial charge in [0.05, 0.1) is 25.4 Å². The molecule has 0 unspecified atom stereocenters. The fraction of sp³-hybridized carbons (Fsp3) is 0.409. The van der Waals surface area contributed by atoms with E-state index in [1.807, 2.05) is 38.1 Å². The van der Waals surface area contributed by atoms with Crippen LogP contribution in [0.25, 0.3) is 0 Å². The molecule has 2 N–H and O–H groups in total. The molecule has 150 valence electrons. The lowest BCUT2D eigenvalue weighted by Crippen LogP contribution is -2.36. The second-order valence-electron chi connectivity index (χ2n) is 7.20. The molecule has 1 aliphatic heterocycles. The van der Waals surface area contributed by atoms with E-state index in [0.717, 1.165) is 37.7 Å². The number of rotatable bonds is 6. The lowest BCUT2D eigenvalue weighted by Gasteiger charge is -2.29. The molecule has 1 atom stereocenters. The number of anilines is 2. The van der Waals surface area contributed by atoms with Crippen LogP contribution >= 0.6 is 12.2 Å². The van der Waals surface area contributed by atoms with Crippen LogP contribution in [0, 0.1) is 0 Å². The second kappa shape index (κ2) is 9.75. The first-order chi connectivity index (χ1) is 13.5. The molecule has 1 fully saturated rings. The molecule has 1 saturated heterocycles. The molecule has 0 spiro atoms. The van der Waals surface area contributed by atoms with Crippen molar-refractivity contribution in [1.82, 2.24) is 5.32 Å². The third kappa shape index (κ3) is 5.84. The summed E-state index contributed by atoms with van der Waals surface area (Å²) in [5, 5.41) is 7.17. The molecule has 0 radical (unpaired) electrons. The fourth-order valence-corrected chi connectivity index (χ4v) is 3.43. The van der Waals surface area contributed by atoms with Crippen LogP contribution in [0.2, 0.25) is 0 Å². The number of benzene rings is 2. The summed E-state index contributed by atoms with van der Waals surface area (Å²) in [5.41, 5.74) is 3.37. The summed E-state index contributed by atoms with van der Waals surface area (Å²) >= 11 is 5.47. The Bertz CT molecular complexity index is 756. The van der Waals surface area contributed by atoms with E-state index in [-0.39, 0.29) is 12.1 Å². The summed E-state index contributed by atoms with van der Waals surface area (Å²) in [6, 6.07) is 16.6. The maximum Gasteiger partial charge on any atom is 0.171 e. The number of thiocarbonyl (C=S) groups is 1. The van der Waals surface area contributed by atoms with Crippen molar-refractivity contribution in [3.8, 4) is 5.75 Å². The molecule has 0 aliphatic carbocycles. The average molecular weight is 400 g/mol. The van der Waals surface area contributed by atoms with Crippen LogP contribution in [-0.4, -0.2) is 37.5 Å². The summed E-state index contributed by atoms with van der Waals surface area (Å²) < 4.78 is 11.1. The highest BCUT2D eigenvalue weighted by Crippen LogP contribution is 2.21. The molecule has 2 aromatic carbocycles. The number of nitrogens with zero attached hydrogens (tertiary/aromatic N) is 1. The van der Waals surface area contributed by atoms with Crippen molar-refractivity contribution in [1.29, 1.82) is 0 Å². The van der Waals surface area contributed by atoms with E-state index in [1.165, 1.54) is 11.3 Å². The van der Waals surface area contributed by atoms with Crippen LogP contribution < -0.4 is 20.3 Å². The molecule has 0 bridgehead atoms. The van der Waals surface area contributed by atoms with E-state index in [9.17, 15) is 0 Å². The first kappa shape index (κ1) is 20.4. The van der Waals surface area contributed by atoms with Crippen LogP contribution in [-0.2, 0) is 4.74 Å². The summed E-state index contributed by atoms with van der Waals surface area (Å²) in [7, 11) is 0. The van der Waals surface area contributed by atoms with Gasteiger partial charge in [-0.15, -0.1) is 0 Å². The van der Waals surface area contributed by atoms with Gasteiger partial charge >= 0.3 is 0 Å². The van der Waals surface area contributed by atoms with Crippen molar-refractivity contribution in [3.63, 3.8) is 0 Å². The standard InChI is InChI=1S/C22H29N3O2S/c1-16(2)27-21-10-6-19(7-11-21)24-22(28)23-17(3)18-4-8-20(9-5-18)25-12-14-26-15-13-25/h4-11,16-17H,12-15H2,1-3H3,(H2,23,24,28)/t17-/m1/s1. The average Bonchev–Trinajstić information content (AvgIpc) is 2.70. The van der Waals surface area contributed by atoms with Gasteiger partial charge in [0.1, 0.15) is 5.75 Å². The Morgan fingerprint density at radius 2 is 1.64 bits per heavy atom. The highest BCUT2D eigenvalue weighted by molar-refractivity contribution is 7.80. The van der Waals surface area contributed by atoms with E-state index in [1.54, 1.807) is 0 Å². The van der Waals surface area contributed by atoms with Crippen LogP contribution in [0.1, 0.15) is 32.4 Å². The highest BCUT2D eigenvalue weighted by atomic mass is 32.1. The van der Waals surface area contributed by atoms with Gasteiger partial charge in [0, 0.05) is 24.5 Å². The number of hydrogen-bond donors (Lipinski definition) is 2. The largest absolute Gasteiger partial charge is 0.491 e. The molecule has 6 heteroatoms. The lowest BCUT2D eigenvalue weighted by molar-refractivity contribution is 0.122. The minimum Gasteiger partial charge on any atom is -0.491 e. The predicted octanol–water partition coefficient (Wildman–Crippen LogP) is 4.36. The summed E-state index contributed by atoms with van der Waals surface area (Å²) in [6.45, 7) is 9.62. The zero-order valence-electron chi connectivity index (χ0n) is 16.8. The number of ether oxygens (including phenoxy) is 2. The fourth-order valence-electron chi connectivity index (χ4n) is 3.13. The molecule has 0 aromatic heterocycles. The van der Waals surface area contributed by atoms with Gasteiger partial charge in [-0.3, -0.25) is 0 Å². The number of hydrogen-bond acceptors (Lipinski definition) is 4. The molecule has 28 heavy (non-hydrogen) atoms. The molecule has 0 saturated carbocycles. The predicted molar refractivity (Wildman–Crippen MR) is 119 cm³/mol. The van der Waals surface area contributed by atoms with Crippen molar-refractivity contribution in [2.24, 2.45) is 0 Å². The van der Waals surface area contributed by atoms with Gasteiger partial charge in [-0.2, -0.15) is 0 Å². The second-order valence-corrected chi connectivity index (χ2v) is 7.61. The van der Waals surface area contributed by atoms with Gasteiger partial charge in [-0.25, -0.2) is 0 Å². The highest BCUT2D eigenvalue weighted by Gasteiger charge is 2.12. The molecule has 2 aromatic rings. The lowest BCUT2D eigenvalue weighted by atomic mass is 10.1. The zero-order valence-corrected chi connectivity index (χ0v) is 17.6. The van der Waals surface area contributed by atoms with Crippen LogP contribution in [0.15, 0.2) is 48.5 Å². The van der Waals surface area contributed by atoms with E-state index in [2.05, 4.69) is 46.7 Å². The minimum absolute atomic E-state index is 0.113. The van der Waals surface area contributed by atoms with Crippen molar-refractivity contribution in [3.05, 3.63) is 54.1 Å². The Kier molecular flexibility index (Phi) is 7.12. The van der Waals surface area contributed by atoms with Crippen molar-refractivity contribution in [2.75, 3.05) is 36.5 Å². The first-order valence-corrected chi connectivity index (χ1v) is 10.2. The van der Waals surface area contributed by atoms with Gasteiger partial charge in [-0.1, -0.05) is 12.1 Å². The van der Waals surface area contributed by atoms with Crippen LogP contribution in [0.4, 0.5) is 11.4 Å². The third-order valence-corrected chi connectivity index (χ3v) is 4.82. The quantitative estimate of drug-likeness (QED) is 0.704. The normalized spacial score (nSPS) is 15.2. The van der Waals surface area contributed by atoms with Crippen molar-refractivity contribution in [2.45, 2.75) is 32.9 Å². The van der Waals surface area contributed by atoms with Crippen LogP contribution in [0.3, 0.4) is 0 Å². The van der Waals surface area contributed by atoms with Gasteiger partial charge < -0.3 is 25.0 Å². The minimum atomic E-state index is 0.113. The Morgan fingerprint density at radius 3 is 2.25 bits per heavy atom. The van der Waals surface area contributed by atoms with E-state index in [0.29, 0.717) is 5.11 Å².